The Labute approximate surface area is 141 Å². The molecule has 7 heteroatoms. The highest BCUT2D eigenvalue weighted by Crippen LogP contribution is 2.11. The molecule has 0 heterocycles. The van der Waals surface area contributed by atoms with E-state index in [1.165, 1.54) is 19.2 Å². The van der Waals surface area contributed by atoms with Crippen LogP contribution in [0.4, 0.5) is 0 Å². The third kappa shape index (κ3) is 7.54. The Morgan fingerprint density at radius 3 is 1.83 bits per heavy atom. The lowest BCUT2D eigenvalue weighted by atomic mass is 10.1. The molecule has 0 aliphatic rings. The van der Waals surface area contributed by atoms with Crippen LogP contribution in [0.3, 0.4) is 0 Å². The Balaban J connectivity index is 2.20. The number of rotatable bonds is 12. The monoisotopic (exact) mass is 340 g/mol. The van der Waals surface area contributed by atoms with Gasteiger partial charge in [0, 0.05) is 6.61 Å². The molecular formula is C17H24O7. The molecule has 0 aliphatic heterocycles. The summed E-state index contributed by atoms with van der Waals surface area (Å²) in [5.74, 6) is -1.17. The maximum atomic E-state index is 12.0. The molecule has 1 aromatic carbocycles. The standard InChI is InChI=1S/C17H24O7/c1-3-21-8-9-22-10-11-23-12-13-24-17(19)15-7-5-4-6-14(15)16(18)20-2/h4-7H,3,8-13H2,1-2H3. The van der Waals surface area contributed by atoms with E-state index in [-0.39, 0.29) is 24.3 Å². The summed E-state index contributed by atoms with van der Waals surface area (Å²) >= 11 is 0. The quantitative estimate of drug-likeness (QED) is 0.423. The van der Waals surface area contributed by atoms with Gasteiger partial charge in [-0.05, 0) is 19.1 Å². The van der Waals surface area contributed by atoms with E-state index in [1.807, 2.05) is 6.92 Å². The number of hydrogen-bond acceptors (Lipinski definition) is 7. The number of methoxy groups -OCH3 is 1. The van der Waals surface area contributed by atoms with Crippen molar-refractivity contribution in [2.24, 2.45) is 0 Å². The van der Waals surface area contributed by atoms with Crippen molar-refractivity contribution in [3.8, 4) is 0 Å². The molecule has 0 bridgehead atoms. The van der Waals surface area contributed by atoms with Gasteiger partial charge in [-0.3, -0.25) is 0 Å². The fraction of sp³-hybridized carbons (Fsp3) is 0.529. The van der Waals surface area contributed by atoms with E-state index in [2.05, 4.69) is 4.74 Å². The summed E-state index contributed by atoms with van der Waals surface area (Å²) in [7, 11) is 1.26. The molecule has 0 spiro atoms. The summed E-state index contributed by atoms with van der Waals surface area (Å²) < 4.78 is 25.4. The average molecular weight is 340 g/mol. The first-order chi connectivity index (χ1) is 11.7. The fourth-order valence-corrected chi connectivity index (χ4v) is 1.80. The number of ether oxygens (including phenoxy) is 5. The topological polar surface area (TPSA) is 80.3 Å². The number of hydrogen-bond donors (Lipinski definition) is 0. The minimum atomic E-state index is -0.590. The van der Waals surface area contributed by atoms with Crippen LogP contribution in [0, 0.1) is 0 Å². The normalized spacial score (nSPS) is 10.4. The summed E-state index contributed by atoms with van der Waals surface area (Å²) in [6.07, 6.45) is 0. The van der Waals surface area contributed by atoms with E-state index in [9.17, 15) is 9.59 Å². The third-order valence-corrected chi connectivity index (χ3v) is 2.96. The lowest BCUT2D eigenvalue weighted by molar-refractivity contribution is 0.00172. The molecule has 1 aromatic rings. The van der Waals surface area contributed by atoms with E-state index < -0.39 is 11.9 Å². The van der Waals surface area contributed by atoms with E-state index in [4.69, 9.17) is 18.9 Å². The van der Waals surface area contributed by atoms with Gasteiger partial charge >= 0.3 is 11.9 Å². The largest absolute Gasteiger partial charge is 0.465 e. The summed E-state index contributed by atoms with van der Waals surface area (Å²) in [4.78, 5) is 23.6. The molecule has 0 aromatic heterocycles. The van der Waals surface area contributed by atoms with Crippen LogP contribution >= 0.6 is 0 Å². The zero-order valence-corrected chi connectivity index (χ0v) is 14.1. The summed E-state index contributed by atoms with van der Waals surface area (Å²) in [6.45, 7) is 4.88. The predicted octanol–water partition coefficient (Wildman–Crippen LogP) is 1.70. The van der Waals surface area contributed by atoms with Gasteiger partial charge in [-0.1, -0.05) is 12.1 Å². The van der Waals surface area contributed by atoms with Gasteiger partial charge in [-0.2, -0.15) is 0 Å². The molecule has 0 unspecified atom stereocenters. The van der Waals surface area contributed by atoms with Crippen LogP contribution in [0.5, 0.6) is 0 Å². The van der Waals surface area contributed by atoms with Crippen LogP contribution in [-0.4, -0.2) is 65.3 Å². The minimum absolute atomic E-state index is 0.0906. The van der Waals surface area contributed by atoms with Crippen LogP contribution in [0.15, 0.2) is 24.3 Å². The number of carbonyl (C=O) groups is 2. The van der Waals surface area contributed by atoms with E-state index in [0.717, 1.165) is 0 Å². The van der Waals surface area contributed by atoms with Gasteiger partial charge in [0.2, 0.25) is 0 Å². The minimum Gasteiger partial charge on any atom is -0.465 e. The van der Waals surface area contributed by atoms with Crippen molar-refractivity contribution < 1.29 is 33.3 Å². The molecule has 24 heavy (non-hydrogen) atoms. The van der Waals surface area contributed by atoms with Crippen molar-refractivity contribution in [1.29, 1.82) is 0 Å². The Bertz CT molecular complexity index is 501. The van der Waals surface area contributed by atoms with Gasteiger partial charge in [0.1, 0.15) is 6.61 Å². The van der Waals surface area contributed by atoms with Crippen molar-refractivity contribution >= 4 is 11.9 Å². The molecule has 134 valence electrons. The van der Waals surface area contributed by atoms with Crippen LogP contribution in [0.25, 0.3) is 0 Å². The smallest absolute Gasteiger partial charge is 0.339 e. The molecule has 1 rings (SSSR count). The molecule has 7 nitrogen and oxygen atoms in total. The summed E-state index contributed by atoms with van der Waals surface area (Å²) in [5.41, 5.74) is 0.345. The molecule has 0 saturated carbocycles. The highest BCUT2D eigenvalue weighted by Gasteiger charge is 2.17. The van der Waals surface area contributed by atoms with E-state index >= 15 is 0 Å². The lowest BCUT2D eigenvalue weighted by Crippen LogP contribution is -2.16. The second-order valence-electron chi connectivity index (χ2n) is 4.59. The van der Waals surface area contributed by atoms with Crippen molar-refractivity contribution in [3.05, 3.63) is 35.4 Å². The van der Waals surface area contributed by atoms with Gasteiger partial charge in [0.05, 0.1) is 51.3 Å². The molecule has 0 N–H and O–H groups in total. The molecular weight excluding hydrogens is 316 g/mol. The van der Waals surface area contributed by atoms with Crippen LogP contribution in [0.1, 0.15) is 27.6 Å². The summed E-state index contributed by atoms with van der Waals surface area (Å²) in [6, 6.07) is 6.33. The molecule has 0 amide bonds. The number of carbonyl (C=O) groups excluding carboxylic acids is 2. The maximum absolute atomic E-state index is 12.0. The lowest BCUT2D eigenvalue weighted by Gasteiger charge is -2.09. The number of esters is 2. The Hall–Kier alpha value is -1.96. The van der Waals surface area contributed by atoms with E-state index in [0.29, 0.717) is 33.0 Å². The molecule has 0 aliphatic carbocycles. The third-order valence-electron chi connectivity index (χ3n) is 2.96. The van der Waals surface area contributed by atoms with Crippen molar-refractivity contribution in [3.63, 3.8) is 0 Å². The average Bonchev–Trinajstić information content (AvgIpc) is 2.62. The number of benzene rings is 1. The van der Waals surface area contributed by atoms with E-state index in [1.54, 1.807) is 12.1 Å². The summed E-state index contributed by atoms with van der Waals surface area (Å²) in [5, 5.41) is 0. The van der Waals surface area contributed by atoms with Gasteiger partial charge < -0.3 is 23.7 Å². The van der Waals surface area contributed by atoms with Crippen molar-refractivity contribution in [1.82, 2.24) is 0 Å². The van der Waals surface area contributed by atoms with Crippen molar-refractivity contribution in [2.45, 2.75) is 6.92 Å². The Kier molecular flexibility index (Phi) is 10.4. The molecule has 0 atom stereocenters. The highest BCUT2D eigenvalue weighted by molar-refractivity contribution is 6.03. The zero-order valence-electron chi connectivity index (χ0n) is 14.1. The SMILES string of the molecule is CCOCCOCCOCCOC(=O)c1ccccc1C(=O)OC. The maximum Gasteiger partial charge on any atom is 0.339 e. The molecule has 0 fully saturated rings. The zero-order chi connectivity index (χ0) is 17.6. The van der Waals surface area contributed by atoms with Gasteiger partial charge in [-0.15, -0.1) is 0 Å². The first kappa shape index (κ1) is 20.1. The van der Waals surface area contributed by atoms with Crippen LogP contribution in [0.2, 0.25) is 0 Å². The highest BCUT2D eigenvalue weighted by atomic mass is 16.6. The van der Waals surface area contributed by atoms with Crippen LogP contribution < -0.4 is 0 Å². The predicted molar refractivity (Wildman–Crippen MR) is 86.2 cm³/mol. The first-order valence-electron chi connectivity index (χ1n) is 7.78. The van der Waals surface area contributed by atoms with Gasteiger partial charge in [0.15, 0.2) is 0 Å². The second-order valence-corrected chi connectivity index (χ2v) is 4.59. The van der Waals surface area contributed by atoms with Crippen molar-refractivity contribution in [2.75, 3.05) is 53.4 Å². The molecule has 0 saturated heterocycles. The Morgan fingerprint density at radius 2 is 1.29 bits per heavy atom. The Morgan fingerprint density at radius 1 is 0.792 bits per heavy atom. The van der Waals surface area contributed by atoms with Gasteiger partial charge in [-0.25, -0.2) is 9.59 Å². The molecule has 0 radical (unpaired) electrons. The fourth-order valence-electron chi connectivity index (χ4n) is 1.80. The first-order valence-corrected chi connectivity index (χ1v) is 7.78. The van der Waals surface area contributed by atoms with Crippen LogP contribution in [-0.2, 0) is 23.7 Å². The second kappa shape index (κ2) is 12.5. The van der Waals surface area contributed by atoms with Gasteiger partial charge in [0.25, 0.3) is 0 Å².